The molecular formula is C16H23NO2. The van der Waals surface area contributed by atoms with E-state index in [-0.39, 0.29) is 18.1 Å². The molecule has 19 heavy (non-hydrogen) atoms. The number of aliphatic hydroxyl groups excluding tert-OH is 1. The van der Waals surface area contributed by atoms with E-state index < -0.39 is 0 Å². The van der Waals surface area contributed by atoms with Crippen molar-refractivity contribution in [1.29, 1.82) is 0 Å². The summed E-state index contributed by atoms with van der Waals surface area (Å²) in [6.45, 7) is 2.11. The van der Waals surface area contributed by atoms with Crippen molar-refractivity contribution in [1.82, 2.24) is 4.90 Å². The van der Waals surface area contributed by atoms with Gasteiger partial charge in [0, 0.05) is 18.7 Å². The van der Waals surface area contributed by atoms with Gasteiger partial charge in [-0.05, 0) is 49.8 Å². The second kappa shape index (κ2) is 6.20. The van der Waals surface area contributed by atoms with Crippen LogP contribution in [0.4, 0.5) is 0 Å². The van der Waals surface area contributed by atoms with Gasteiger partial charge in [-0.2, -0.15) is 0 Å². The number of amides is 1. The van der Waals surface area contributed by atoms with Crippen molar-refractivity contribution in [2.24, 2.45) is 0 Å². The van der Waals surface area contributed by atoms with E-state index in [1.807, 2.05) is 36.2 Å². The van der Waals surface area contributed by atoms with E-state index in [2.05, 4.69) is 6.92 Å². The first-order valence-electron chi connectivity index (χ1n) is 7.16. The van der Waals surface area contributed by atoms with Crippen LogP contribution in [0.25, 0.3) is 0 Å². The summed E-state index contributed by atoms with van der Waals surface area (Å²) in [6.07, 6.45) is 4.22. The summed E-state index contributed by atoms with van der Waals surface area (Å²) in [5, 5.41) is 9.52. The minimum Gasteiger partial charge on any atom is -0.393 e. The molecular weight excluding hydrogens is 238 g/mol. The Morgan fingerprint density at radius 3 is 2.32 bits per heavy atom. The van der Waals surface area contributed by atoms with Crippen LogP contribution in [-0.4, -0.2) is 35.1 Å². The van der Waals surface area contributed by atoms with Crippen LogP contribution in [0.1, 0.15) is 48.5 Å². The Bertz CT molecular complexity index is 419. The van der Waals surface area contributed by atoms with Crippen LogP contribution in [0.5, 0.6) is 0 Å². The quantitative estimate of drug-likeness (QED) is 0.908. The molecule has 104 valence electrons. The number of carbonyl (C=O) groups excluding carboxylic acids is 1. The predicted molar refractivity (Wildman–Crippen MR) is 76.2 cm³/mol. The molecule has 1 aromatic rings. The van der Waals surface area contributed by atoms with Crippen molar-refractivity contribution in [2.45, 2.75) is 51.2 Å². The first-order chi connectivity index (χ1) is 9.11. The highest BCUT2D eigenvalue weighted by Crippen LogP contribution is 2.23. The molecule has 0 unspecified atom stereocenters. The Labute approximate surface area is 115 Å². The van der Waals surface area contributed by atoms with Gasteiger partial charge in [0.1, 0.15) is 0 Å². The molecule has 1 fully saturated rings. The summed E-state index contributed by atoms with van der Waals surface area (Å²) in [5.74, 6) is 0.0871. The normalized spacial score (nSPS) is 23.1. The third-order valence-electron chi connectivity index (χ3n) is 4.14. The summed E-state index contributed by atoms with van der Waals surface area (Å²) < 4.78 is 0. The van der Waals surface area contributed by atoms with Gasteiger partial charge in [-0.25, -0.2) is 0 Å². The zero-order valence-electron chi connectivity index (χ0n) is 11.8. The third kappa shape index (κ3) is 3.35. The van der Waals surface area contributed by atoms with Gasteiger partial charge in [-0.15, -0.1) is 0 Å². The number of nitrogens with zero attached hydrogens (tertiary/aromatic N) is 1. The number of aryl methyl sites for hydroxylation is 1. The molecule has 0 atom stereocenters. The molecule has 0 heterocycles. The first kappa shape index (κ1) is 14.1. The van der Waals surface area contributed by atoms with Crippen LogP contribution in [0, 0.1) is 0 Å². The van der Waals surface area contributed by atoms with Gasteiger partial charge in [0.05, 0.1) is 6.10 Å². The molecule has 0 bridgehead atoms. The predicted octanol–water partition coefficient (Wildman–Crippen LogP) is 2.62. The molecule has 0 radical (unpaired) electrons. The Kier molecular flexibility index (Phi) is 4.59. The molecule has 1 aromatic carbocycles. The van der Waals surface area contributed by atoms with Crippen LogP contribution < -0.4 is 0 Å². The Morgan fingerprint density at radius 1 is 1.21 bits per heavy atom. The minimum atomic E-state index is -0.177. The van der Waals surface area contributed by atoms with E-state index in [9.17, 15) is 9.90 Å². The van der Waals surface area contributed by atoms with Crippen LogP contribution >= 0.6 is 0 Å². The van der Waals surface area contributed by atoms with Crippen molar-refractivity contribution in [3.8, 4) is 0 Å². The number of benzene rings is 1. The van der Waals surface area contributed by atoms with E-state index in [1.165, 1.54) is 5.56 Å². The second-order valence-corrected chi connectivity index (χ2v) is 5.43. The van der Waals surface area contributed by atoms with Gasteiger partial charge in [0.2, 0.25) is 0 Å². The SMILES string of the molecule is CCc1ccc(C(=O)N(C)C2CCC(O)CC2)cc1. The highest BCUT2D eigenvalue weighted by Gasteiger charge is 2.25. The monoisotopic (exact) mass is 261 g/mol. The molecule has 0 aliphatic heterocycles. The van der Waals surface area contributed by atoms with Crippen molar-refractivity contribution in [3.63, 3.8) is 0 Å². The lowest BCUT2D eigenvalue weighted by atomic mass is 9.92. The van der Waals surface area contributed by atoms with E-state index in [0.29, 0.717) is 0 Å². The fourth-order valence-corrected chi connectivity index (χ4v) is 2.70. The lowest BCUT2D eigenvalue weighted by Crippen LogP contribution is -2.40. The smallest absolute Gasteiger partial charge is 0.253 e. The summed E-state index contributed by atoms with van der Waals surface area (Å²) in [5.41, 5.74) is 2.01. The van der Waals surface area contributed by atoms with E-state index in [0.717, 1.165) is 37.7 Å². The van der Waals surface area contributed by atoms with Gasteiger partial charge in [-0.1, -0.05) is 19.1 Å². The van der Waals surface area contributed by atoms with Gasteiger partial charge in [-0.3, -0.25) is 4.79 Å². The molecule has 0 saturated heterocycles. The molecule has 3 heteroatoms. The fraction of sp³-hybridized carbons (Fsp3) is 0.562. The van der Waals surface area contributed by atoms with Crippen LogP contribution in [0.3, 0.4) is 0 Å². The maximum atomic E-state index is 12.4. The van der Waals surface area contributed by atoms with Gasteiger partial charge >= 0.3 is 0 Å². The number of carbonyl (C=O) groups is 1. The van der Waals surface area contributed by atoms with Crippen molar-refractivity contribution < 1.29 is 9.90 Å². The summed E-state index contributed by atoms with van der Waals surface area (Å²) in [7, 11) is 1.87. The fourth-order valence-electron chi connectivity index (χ4n) is 2.70. The van der Waals surface area contributed by atoms with Crippen LogP contribution in [0.15, 0.2) is 24.3 Å². The van der Waals surface area contributed by atoms with Crippen molar-refractivity contribution >= 4 is 5.91 Å². The highest BCUT2D eigenvalue weighted by molar-refractivity contribution is 5.94. The average molecular weight is 261 g/mol. The molecule has 0 spiro atoms. The number of hydrogen-bond acceptors (Lipinski definition) is 2. The lowest BCUT2D eigenvalue weighted by molar-refractivity contribution is 0.0569. The van der Waals surface area contributed by atoms with Gasteiger partial charge in [0.25, 0.3) is 5.91 Å². The lowest BCUT2D eigenvalue weighted by Gasteiger charge is -2.33. The Balaban J connectivity index is 2.01. The van der Waals surface area contributed by atoms with Crippen molar-refractivity contribution in [3.05, 3.63) is 35.4 Å². The molecule has 1 N–H and O–H groups in total. The minimum absolute atomic E-state index is 0.0871. The van der Waals surface area contributed by atoms with Crippen LogP contribution in [-0.2, 0) is 6.42 Å². The largest absolute Gasteiger partial charge is 0.393 e. The van der Waals surface area contributed by atoms with Gasteiger partial charge in [0.15, 0.2) is 0 Å². The number of rotatable bonds is 3. The molecule has 0 aromatic heterocycles. The summed E-state index contributed by atoms with van der Waals surface area (Å²) >= 11 is 0. The zero-order chi connectivity index (χ0) is 13.8. The summed E-state index contributed by atoms with van der Waals surface area (Å²) in [6, 6.07) is 8.13. The molecule has 3 nitrogen and oxygen atoms in total. The maximum Gasteiger partial charge on any atom is 0.253 e. The molecule has 2 rings (SSSR count). The Hall–Kier alpha value is -1.35. The summed E-state index contributed by atoms with van der Waals surface area (Å²) in [4.78, 5) is 14.2. The number of aliphatic hydroxyl groups is 1. The number of hydrogen-bond donors (Lipinski definition) is 1. The topological polar surface area (TPSA) is 40.5 Å². The van der Waals surface area contributed by atoms with Crippen molar-refractivity contribution in [2.75, 3.05) is 7.05 Å². The van der Waals surface area contributed by atoms with E-state index in [1.54, 1.807) is 0 Å². The molecule has 1 saturated carbocycles. The standard InChI is InChI=1S/C16H23NO2/c1-3-12-4-6-13(7-5-12)16(19)17(2)14-8-10-15(18)11-9-14/h4-7,14-15,18H,3,8-11H2,1-2H3. The zero-order valence-corrected chi connectivity index (χ0v) is 11.8. The molecule has 1 amide bonds. The van der Waals surface area contributed by atoms with E-state index >= 15 is 0 Å². The first-order valence-corrected chi connectivity index (χ1v) is 7.16. The van der Waals surface area contributed by atoms with Crippen LogP contribution in [0.2, 0.25) is 0 Å². The Morgan fingerprint density at radius 2 is 1.79 bits per heavy atom. The highest BCUT2D eigenvalue weighted by atomic mass is 16.3. The molecule has 1 aliphatic carbocycles. The second-order valence-electron chi connectivity index (χ2n) is 5.43. The van der Waals surface area contributed by atoms with Gasteiger partial charge < -0.3 is 10.0 Å². The third-order valence-corrected chi connectivity index (χ3v) is 4.14. The molecule has 1 aliphatic rings. The average Bonchev–Trinajstić information content (AvgIpc) is 2.46. The van der Waals surface area contributed by atoms with E-state index in [4.69, 9.17) is 0 Å². The maximum absolute atomic E-state index is 12.4.